The van der Waals surface area contributed by atoms with Gasteiger partial charge >= 0.3 is 0 Å². The summed E-state index contributed by atoms with van der Waals surface area (Å²) in [6.45, 7) is 7.37. The number of benzene rings is 1. The molecule has 136 valence electrons. The van der Waals surface area contributed by atoms with Crippen molar-refractivity contribution in [3.63, 3.8) is 0 Å². The van der Waals surface area contributed by atoms with Crippen LogP contribution in [0.25, 0.3) is 5.69 Å². The van der Waals surface area contributed by atoms with Crippen LogP contribution in [-0.4, -0.2) is 15.7 Å². The van der Waals surface area contributed by atoms with Gasteiger partial charge in [-0.25, -0.2) is 9.07 Å². The SMILES string of the molecule is Cc1oc(C)c(C(=O)NC(C)c2cnn(-c3ccc(F)cc3)c2C)c1Br. The zero-order chi connectivity index (χ0) is 19.0. The molecule has 7 heteroatoms. The maximum Gasteiger partial charge on any atom is 0.256 e. The van der Waals surface area contributed by atoms with E-state index in [0.29, 0.717) is 21.6 Å². The number of carbonyl (C=O) groups is 1. The Morgan fingerprint density at radius 2 is 1.88 bits per heavy atom. The van der Waals surface area contributed by atoms with Crippen molar-refractivity contribution in [2.24, 2.45) is 0 Å². The molecule has 3 aromatic rings. The van der Waals surface area contributed by atoms with Gasteiger partial charge in [0.25, 0.3) is 5.91 Å². The molecule has 1 aromatic carbocycles. The van der Waals surface area contributed by atoms with E-state index in [1.54, 1.807) is 36.9 Å². The van der Waals surface area contributed by atoms with E-state index in [9.17, 15) is 9.18 Å². The number of nitrogens with one attached hydrogen (secondary N) is 1. The zero-order valence-corrected chi connectivity index (χ0v) is 16.5. The fourth-order valence-electron chi connectivity index (χ4n) is 2.95. The maximum atomic E-state index is 13.1. The number of halogens is 2. The summed E-state index contributed by atoms with van der Waals surface area (Å²) in [5.41, 5.74) is 3.02. The number of rotatable bonds is 4. The largest absolute Gasteiger partial charge is 0.465 e. The molecule has 0 bridgehead atoms. The van der Waals surface area contributed by atoms with Crippen LogP contribution in [0.4, 0.5) is 4.39 Å². The number of amides is 1. The second-order valence-electron chi connectivity index (χ2n) is 6.17. The molecule has 0 radical (unpaired) electrons. The van der Waals surface area contributed by atoms with Crippen LogP contribution < -0.4 is 5.32 Å². The van der Waals surface area contributed by atoms with Gasteiger partial charge in [0.15, 0.2) is 0 Å². The standard InChI is InChI=1S/C19H19BrFN3O2/c1-10(23-19(25)17-12(3)26-13(4)18(17)20)16-9-22-24(11(16)2)15-7-5-14(21)6-8-15/h5-10H,1-4H3,(H,23,25). The number of nitrogens with zero attached hydrogens (tertiary/aromatic N) is 2. The van der Waals surface area contributed by atoms with E-state index in [4.69, 9.17) is 4.42 Å². The molecule has 1 amide bonds. The molecule has 0 saturated carbocycles. The quantitative estimate of drug-likeness (QED) is 0.661. The smallest absolute Gasteiger partial charge is 0.256 e. The first-order valence-electron chi connectivity index (χ1n) is 8.16. The molecule has 1 unspecified atom stereocenters. The fourth-order valence-corrected chi connectivity index (χ4v) is 3.49. The molecule has 0 aliphatic carbocycles. The first kappa shape index (κ1) is 18.4. The Balaban J connectivity index is 1.83. The molecule has 5 nitrogen and oxygen atoms in total. The predicted molar refractivity (Wildman–Crippen MR) is 100 cm³/mol. The summed E-state index contributed by atoms with van der Waals surface area (Å²) < 4.78 is 21.0. The molecule has 1 atom stereocenters. The summed E-state index contributed by atoms with van der Waals surface area (Å²) in [6, 6.07) is 5.86. The van der Waals surface area contributed by atoms with Crippen molar-refractivity contribution < 1.29 is 13.6 Å². The van der Waals surface area contributed by atoms with E-state index in [1.807, 2.05) is 13.8 Å². The Kier molecular flexibility index (Phi) is 5.00. The van der Waals surface area contributed by atoms with Gasteiger partial charge in [-0.05, 0) is 67.9 Å². The molecule has 0 spiro atoms. The fraction of sp³-hybridized carbons (Fsp3) is 0.263. The summed E-state index contributed by atoms with van der Waals surface area (Å²) in [5.74, 6) is 0.724. The molecule has 0 aliphatic heterocycles. The summed E-state index contributed by atoms with van der Waals surface area (Å²) in [4.78, 5) is 12.6. The molecule has 0 saturated heterocycles. The Morgan fingerprint density at radius 1 is 1.23 bits per heavy atom. The van der Waals surface area contributed by atoms with E-state index in [2.05, 4.69) is 26.3 Å². The van der Waals surface area contributed by atoms with Gasteiger partial charge in [-0.15, -0.1) is 0 Å². The summed E-state index contributed by atoms with van der Waals surface area (Å²) in [6.07, 6.45) is 1.71. The van der Waals surface area contributed by atoms with Crippen LogP contribution in [0.2, 0.25) is 0 Å². The predicted octanol–water partition coefficient (Wildman–Crippen LogP) is 4.78. The van der Waals surface area contributed by atoms with Gasteiger partial charge in [-0.2, -0.15) is 5.10 Å². The third-order valence-electron chi connectivity index (χ3n) is 4.35. The molecular formula is C19H19BrFN3O2. The van der Waals surface area contributed by atoms with Crippen LogP contribution in [0, 0.1) is 26.6 Å². The Hall–Kier alpha value is -2.41. The molecule has 1 N–H and O–H groups in total. The van der Waals surface area contributed by atoms with Gasteiger partial charge in [0.05, 0.1) is 28.0 Å². The van der Waals surface area contributed by atoms with E-state index in [-0.39, 0.29) is 17.8 Å². The lowest BCUT2D eigenvalue weighted by Crippen LogP contribution is -2.27. The number of aromatic nitrogens is 2. The van der Waals surface area contributed by atoms with Crippen molar-refractivity contribution in [1.29, 1.82) is 0 Å². The van der Waals surface area contributed by atoms with Crippen molar-refractivity contribution in [1.82, 2.24) is 15.1 Å². The minimum atomic E-state index is -0.296. The summed E-state index contributed by atoms with van der Waals surface area (Å²) >= 11 is 3.40. The van der Waals surface area contributed by atoms with Crippen LogP contribution in [0.1, 0.15) is 46.1 Å². The Labute approximate surface area is 159 Å². The molecule has 3 rings (SSSR count). The first-order valence-corrected chi connectivity index (χ1v) is 8.95. The van der Waals surface area contributed by atoms with E-state index >= 15 is 0 Å². The van der Waals surface area contributed by atoms with Gasteiger partial charge in [0.1, 0.15) is 17.3 Å². The molecular weight excluding hydrogens is 401 g/mol. The summed E-state index contributed by atoms with van der Waals surface area (Å²) in [5, 5.41) is 7.35. The third kappa shape index (κ3) is 3.31. The van der Waals surface area contributed by atoms with E-state index in [1.165, 1.54) is 12.1 Å². The molecule has 2 aromatic heterocycles. The third-order valence-corrected chi connectivity index (χ3v) is 5.30. The van der Waals surface area contributed by atoms with Crippen LogP contribution in [0.5, 0.6) is 0 Å². The minimum Gasteiger partial charge on any atom is -0.465 e. The highest BCUT2D eigenvalue weighted by Crippen LogP contribution is 2.28. The van der Waals surface area contributed by atoms with Crippen LogP contribution >= 0.6 is 15.9 Å². The van der Waals surface area contributed by atoms with Crippen molar-refractivity contribution in [3.05, 3.63) is 69.1 Å². The van der Waals surface area contributed by atoms with E-state index < -0.39 is 0 Å². The highest BCUT2D eigenvalue weighted by molar-refractivity contribution is 9.10. The molecule has 2 heterocycles. The zero-order valence-electron chi connectivity index (χ0n) is 14.9. The Morgan fingerprint density at radius 3 is 2.46 bits per heavy atom. The van der Waals surface area contributed by atoms with E-state index in [0.717, 1.165) is 16.9 Å². The van der Waals surface area contributed by atoms with Gasteiger partial charge in [0.2, 0.25) is 0 Å². The maximum absolute atomic E-state index is 13.1. The highest BCUT2D eigenvalue weighted by Gasteiger charge is 2.23. The van der Waals surface area contributed by atoms with Crippen molar-refractivity contribution in [3.8, 4) is 5.69 Å². The normalized spacial score (nSPS) is 12.2. The lowest BCUT2D eigenvalue weighted by molar-refractivity contribution is 0.0937. The highest BCUT2D eigenvalue weighted by atomic mass is 79.9. The summed E-state index contributed by atoms with van der Waals surface area (Å²) in [7, 11) is 0. The number of hydrogen-bond acceptors (Lipinski definition) is 3. The number of furan rings is 1. The number of hydrogen-bond donors (Lipinski definition) is 1. The van der Waals surface area contributed by atoms with Crippen LogP contribution in [-0.2, 0) is 0 Å². The van der Waals surface area contributed by atoms with Gasteiger partial charge in [-0.3, -0.25) is 4.79 Å². The van der Waals surface area contributed by atoms with Crippen LogP contribution in [0.3, 0.4) is 0 Å². The lowest BCUT2D eigenvalue weighted by Gasteiger charge is -2.14. The molecule has 0 fully saturated rings. The topological polar surface area (TPSA) is 60.1 Å². The molecule has 26 heavy (non-hydrogen) atoms. The molecule has 0 aliphatic rings. The first-order chi connectivity index (χ1) is 12.3. The van der Waals surface area contributed by atoms with Gasteiger partial charge < -0.3 is 9.73 Å². The van der Waals surface area contributed by atoms with Crippen molar-refractivity contribution >= 4 is 21.8 Å². The second kappa shape index (κ2) is 7.07. The second-order valence-corrected chi connectivity index (χ2v) is 6.97. The van der Waals surface area contributed by atoms with Crippen molar-refractivity contribution in [2.75, 3.05) is 0 Å². The lowest BCUT2D eigenvalue weighted by atomic mass is 10.1. The van der Waals surface area contributed by atoms with Crippen molar-refractivity contribution in [2.45, 2.75) is 33.7 Å². The van der Waals surface area contributed by atoms with Gasteiger partial charge in [-0.1, -0.05) is 0 Å². The average Bonchev–Trinajstić information content (AvgIpc) is 3.08. The average molecular weight is 420 g/mol. The Bertz CT molecular complexity index is 960. The minimum absolute atomic E-state index is 0.215. The van der Waals surface area contributed by atoms with Crippen LogP contribution in [0.15, 0.2) is 39.4 Å². The number of carbonyl (C=O) groups excluding carboxylic acids is 1. The monoisotopic (exact) mass is 419 g/mol. The van der Waals surface area contributed by atoms with Gasteiger partial charge in [0, 0.05) is 11.3 Å². The number of aryl methyl sites for hydroxylation is 2.